The van der Waals surface area contributed by atoms with Gasteiger partial charge in [-0.3, -0.25) is 9.69 Å². The first-order chi connectivity index (χ1) is 15.2. The molecule has 2 heterocycles. The molecule has 3 aromatic rings. The highest BCUT2D eigenvalue weighted by Gasteiger charge is 2.24. The molecule has 1 aromatic heterocycles. The van der Waals surface area contributed by atoms with E-state index in [0.29, 0.717) is 41.6 Å². The third kappa shape index (κ3) is 4.88. The van der Waals surface area contributed by atoms with Crippen molar-refractivity contribution < 1.29 is 18.8 Å². The van der Waals surface area contributed by atoms with Gasteiger partial charge < -0.3 is 18.9 Å². The van der Waals surface area contributed by atoms with Gasteiger partial charge in [0, 0.05) is 38.8 Å². The van der Waals surface area contributed by atoms with Crippen molar-refractivity contribution in [3.63, 3.8) is 0 Å². The van der Waals surface area contributed by atoms with Crippen LogP contribution in [0.25, 0.3) is 11.3 Å². The molecule has 1 amide bonds. The summed E-state index contributed by atoms with van der Waals surface area (Å²) < 4.78 is 16.2. The predicted molar refractivity (Wildman–Crippen MR) is 117 cm³/mol. The summed E-state index contributed by atoms with van der Waals surface area (Å²) in [6, 6.07) is 17.5. The molecule has 2 aromatic carbocycles. The number of rotatable bonds is 6. The van der Waals surface area contributed by atoms with Gasteiger partial charge in [-0.2, -0.15) is 0 Å². The Labute approximate surface area is 182 Å². The lowest BCUT2D eigenvalue weighted by Gasteiger charge is -2.21. The second kappa shape index (κ2) is 9.66. The largest absolute Gasteiger partial charge is 0.497 e. The summed E-state index contributed by atoms with van der Waals surface area (Å²) in [5, 5.41) is 4.04. The molecule has 0 spiro atoms. The van der Waals surface area contributed by atoms with E-state index in [1.54, 1.807) is 32.4 Å². The van der Waals surface area contributed by atoms with Crippen molar-refractivity contribution in [2.45, 2.75) is 13.0 Å². The maximum Gasteiger partial charge on any atom is 0.276 e. The summed E-state index contributed by atoms with van der Waals surface area (Å²) in [6.07, 6.45) is 0.924. The second-order valence-corrected chi connectivity index (χ2v) is 7.55. The number of ether oxygens (including phenoxy) is 2. The Hall–Kier alpha value is -3.32. The summed E-state index contributed by atoms with van der Waals surface area (Å²) >= 11 is 0. The lowest BCUT2D eigenvalue weighted by atomic mass is 10.1. The van der Waals surface area contributed by atoms with Crippen LogP contribution in [0.5, 0.6) is 11.5 Å². The molecule has 31 heavy (non-hydrogen) atoms. The summed E-state index contributed by atoms with van der Waals surface area (Å²) in [5.41, 5.74) is 2.28. The third-order valence-corrected chi connectivity index (χ3v) is 5.53. The molecule has 1 saturated heterocycles. The van der Waals surface area contributed by atoms with E-state index in [9.17, 15) is 4.79 Å². The van der Waals surface area contributed by atoms with Crippen LogP contribution >= 0.6 is 0 Å². The molecular formula is C24H27N3O4. The second-order valence-electron chi connectivity index (χ2n) is 7.55. The fourth-order valence-corrected chi connectivity index (χ4v) is 3.85. The molecular weight excluding hydrogens is 394 g/mol. The quantitative estimate of drug-likeness (QED) is 0.605. The first-order valence-electron chi connectivity index (χ1n) is 10.4. The zero-order valence-corrected chi connectivity index (χ0v) is 17.9. The number of benzene rings is 2. The van der Waals surface area contributed by atoms with Crippen LogP contribution in [0, 0.1) is 0 Å². The molecule has 7 heteroatoms. The maximum absolute atomic E-state index is 13.1. The van der Waals surface area contributed by atoms with Gasteiger partial charge in [0.15, 0.2) is 11.5 Å². The molecule has 0 unspecified atom stereocenters. The molecule has 7 nitrogen and oxygen atoms in total. The monoisotopic (exact) mass is 421 g/mol. The van der Waals surface area contributed by atoms with Gasteiger partial charge in [-0.15, -0.1) is 0 Å². The SMILES string of the molecule is COc1ccc(OC)c(-c2cc(C(=O)N3CCCN(Cc4ccccc4)CC3)no2)c1. The normalized spacial score (nSPS) is 14.8. The Morgan fingerprint density at radius 2 is 1.84 bits per heavy atom. The predicted octanol–water partition coefficient (Wildman–Crippen LogP) is 3.71. The van der Waals surface area contributed by atoms with Crippen molar-refractivity contribution in [3.05, 3.63) is 65.9 Å². The Morgan fingerprint density at radius 3 is 2.61 bits per heavy atom. The number of amides is 1. The molecule has 0 N–H and O–H groups in total. The topological polar surface area (TPSA) is 68.0 Å². The Kier molecular flexibility index (Phi) is 6.52. The van der Waals surface area contributed by atoms with Crippen LogP contribution in [0.4, 0.5) is 0 Å². The molecule has 1 aliphatic heterocycles. The van der Waals surface area contributed by atoms with Crippen molar-refractivity contribution in [1.29, 1.82) is 0 Å². The zero-order valence-electron chi connectivity index (χ0n) is 17.9. The van der Waals surface area contributed by atoms with E-state index >= 15 is 0 Å². The van der Waals surface area contributed by atoms with E-state index in [-0.39, 0.29) is 5.91 Å². The van der Waals surface area contributed by atoms with E-state index < -0.39 is 0 Å². The third-order valence-electron chi connectivity index (χ3n) is 5.53. The maximum atomic E-state index is 13.1. The highest BCUT2D eigenvalue weighted by atomic mass is 16.5. The zero-order chi connectivity index (χ0) is 21.6. The molecule has 0 bridgehead atoms. The Bertz CT molecular complexity index is 1020. The number of hydrogen-bond donors (Lipinski definition) is 0. The molecule has 0 saturated carbocycles. The standard InChI is InChI=1S/C24H27N3O4/c1-29-19-9-10-22(30-2)20(15-19)23-16-21(25-31-23)24(28)27-12-6-11-26(13-14-27)17-18-7-4-3-5-8-18/h3-5,7-10,15-16H,6,11-14,17H2,1-2H3. The number of hydrogen-bond acceptors (Lipinski definition) is 6. The van der Waals surface area contributed by atoms with Crippen molar-refractivity contribution in [2.75, 3.05) is 40.4 Å². The molecule has 1 fully saturated rings. The van der Waals surface area contributed by atoms with Gasteiger partial charge in [0.2, 0.25) is 0 Å². The van der Waals surface area contributed by atoms with Crippen molar-refractivity contribution in [3.8, 4) is 22.8 Å². The molecule has 0 radical (unpaired) electrons. The van der Waals surface area contributed by atoms with Crippen LogP contribution in [0.2, 0.25) is 0 Å². The van der Waals surface area contributed by atoms with E-state index in [2.05, 4.69) is 34.3 Å². The highest BCUT2D eigenvalue weighted by molar-refractivity contribution is 5.93. The van der Waals surface area contributed by atoms with Crippen molar-refractivity contribution in [1.82, 2.24) is 15.0 Å². The minimum atomic E-state index is -0.113. The van der Waals surface area contributed by atoms with Crippen LogP contribution < -0.4 is 9.47 Å². The Balaban J connectivity index is 1.44. The number of nitrogens with zero attached hydrogens (tertiary/aromatic N) is 3. The van der Waals surface area contributed by atoms with Crippen LogP contribution in [0.15, 0.2) is 59.1 Å². The average molecular weight is 421 g/mol. The first-order valence-corrected chi connectivity index (χ1v) is 10.4. The highest BCUT2D eigenvalue weighted by Crippen LogP contribution is 2.34. The van der Waals surface area contributed by atoms with Crippen LogP contribution in [0.3, 0.4) is 0 Å². The lowest BCUT2D eigenvalue weighted by molar-refractivity contribution is 0.0751. The van der Waals surface area contributed by atoms with E-state index in [1.807, 2.05) is 17.0 Å². The summed E-state index contributed by atoms with van der Waals surface area (Å²) in [7, 11) is 3.19. The molecule has 0 aliphatic carbocycles. The minimum Gasteiger partial charge on any atom is -0.497 e. The smallest absolute Gasteiger partial charge is 0.276 e. The average Bonchev–Trinajstić information content (AvgIpc) is 3.19. The van der Waals surface area contributed by atoms with Gasteiger partial charge in [0.1, 0.15) is 11.5 Å². The van der Waals surface area contributed by atoms with Gasteiger partial charge in [0.05, 0.1) is 19.8 Å². The number of carbonyl (C=O) groups is 1. The van der Waals surface area contributed by atoms with Crippen LogP contribution in [-0.2, 0) is 6.54 Å². The summed E-state index contributed by atoms with van der Waals surface area (Å²) in [6.45, 7) is 4.05. The van der Waals surface area contributed by atoms with Crippen LogP contribution in [-0.4, -0.2) is 61.3 Å². The van der Waals surface area contributed by atoms with E-state index in [1.165, 1.54) is 5.56 Å². The van der Waals surface area contributed by atoms with Crippen LogP contribution in [0.1, 0.15) is 22.5 Å². The van der Waals surface area contributed by atoms with E-state index in [4.69, 9.17) is 14.0 Å². The molecule has 1 aliphatic rings. The van der Waals surface area contributed by atoms with Crippen molar-refractivity contribution >= 4 is 5.91 Å². The molecule has 0 atom stereocenters. The van der Waals surface area contributed by atoms with E-state index in [0.717, 1.165) is 26.1 Å². The van der Waals surface area contributed by atoms with Gasteiger partial charge in [0.25, 0.3) is 5.91 Å². The van der Waals surface area contributed by atoms with Gasteiger partial charge in [-0.1, -0.05) is 35.5 Å². The first kappa shape index (κ1) is 20.9. The van der Waals surface area contributed by atoms with Gasteiger partial charge >= 0.3 is 0 Å². The van der Waals surface area contributed by atoms with Gasteiger partial charge in [-0.05, 0) is 30.2 Å². The molecule has 4 rings (SSSR count). The fourth-order valence-electron chi connectivity index (χ4n) is 3.85. The number of aromatic nitrogens is 1. The summed E-state index contributed by atoms with van der Waals surface area (Å²) in [5.74, 6) is 1.66. The minimum absolute atomic E-state index is 0.113. The fraction of sp³-hybridized carbons (Fsp3) is 0.333. The number of carbonyl (C=O) groups excluding carboxylic acids is 1. The lowest BCUT2D eigenvalue weighted by Crippen LogP contribution is -2.35. The van der Waals surface area contributed by atoms with Gasteiger partial charge in [-0.25, -0.2) is 0 Å². The number of methoxy groups -OCH3 is 2. The molecule has 162 valence electrons. The van der Waals surface area contributed by atoms with Crippen molar-refractivity contribution in [2.24, 2.45) is 0 Å². The Morgan fingerprint density at radius 1 is 1.00 bits per heavy atom. The summed E-state index contributed by atoms with van der Waals surface area (Å²) in [4.78, 5) is 17.3.